The van der Waals surface area contributed by atoms with Gasteiger partial charge in [-0.1, -0.05) is 12.2 Å². The van der Waals surface area contributed by atoms with Crippen molar-refractivity contribution in [2.45, 2.75) is 57.0 Å². The van der Waals surface area contributed by atoms with Crippen LogP contribution in [-0.2, 0) is 9.59 Å². The Hall–Kier alpha value is -1.36. The maximum absolute atomic E-state index is 12.4. The molecule has 5 nitrogen and oxygen atoms in total. The lowest BCUT2D eigenvalue weighted by atomic mass is 9.89. The molecule has 2 fully saturated rings. The fourth-order valence-electron chi connectivity index (χ4n) is 4.20. The molecular formula is C17H27N3O2. The van der Waals surface area contributed by atoms with Crippen molar-refractivity contribution in [1.82, 2.24) is 10.6 Å². The zero-order chi connectivity index (χ0) is 15.5. The fraction of sp³-hybridized carbons (Fsp3) is 0.765. The van der Waals surface area contributed by atoms with Crippen LogP contribution in [0, 0.1) is 17.8 Å². The lowest BCUT2D eigenvalue weighted by Gasteiger charge is -2.31. The number of fused-ring (bicyclic) bond motifs is 2. The highest BCUT2D eigenvalue weighted by molar-refractivity contribution is 5.80. The Morgan fingerprint density at radius 1 is 1.00 bits per heavy atom. The predicted octanol–water partition coefficient (Wildman–Crippen LogP) is 1.09. The average Bonchev–Trinajstić information content (AvgIpc) is 3.12. The van der Waals surface area contributed by atoms with Gasteiger partial charge in [-0.05, 0) is 50.4 Å². The summed E-state index contributed by atoms with van der Waals surface area (Å²) in [6.07, 6.45) is 10.9. The highest BCUT2D eigenvalue weighted by Crippen LogP contribution is 2.43. The van der Waals surface area contributed by atoms with Crippen LogP contribution < -0.4 is 16.4 Å². The van der Waals surface area contributed by atoms with Gasteiger partial charge in [0.05, 0.1) is 0 Å². The van der Waals surface area contributed by atoms with Crippen molar-refractivity contribution in [1.29, 1.82) is 0 Å². The number of nitrogens with one attached hydrogen (secondary N) is 2. The number of nitrogens with two attached hydrogens (primary N) is 1. The molecule has 122 valence electrons. The minimum atomic E-state index is 0.0451. The Morgan fingerprint density at radius 3 is 2.23 bits per heavy atom. The Labute approximate surface area is 132 Å². The molecule has 1 unspecified atom stereocenters. The second-order valence-electron chi connectivity index (χ2n) is 7.05. The summed E-state index contributed by atoms with van der Waals surface area (Å²) in [6.45, 7) is 0.398. The molecular weight excluding hydrogens is 278 g/mol. The molecule has 0 radical (unpaired) electrons. The van der Waals surface area contributed by atoms with Crippen molar-refractivity contribution in [3.63, 3.8) is 0 Å². The molecule has 3 aliphatic rings. The molecule has 2 amide bonds. The van der Waals surface area contributed by atoms with Gasteiger partial charge in [0.15, 0.2) is 0 Å². The molecule has 4 N–H and O–H groups in total. The molecule has 3 rings (SSSR count). The topological polar surface area (TPSA) is 84.2 Å². The molecule has 22 heavy (non-hydrogen) atoms. The lowest BCUT2D eigenvalue weighted by Crippen LogP contribution is -2.45. The minimum absolute atomic E-state index is 0.0451. The van der Waals surface area contributed by atoms with E-state index in [9.17, 15) is 9.59 Å². The van der Waals surface area contributed by atoms with Crippen molar-refractivity contribution in [3.05, 3.63) is 12.2 Å². The third-order valence-electron chi connectivity index (χ3n) is 5.43. The summed E-state index contributed by atoms with van der Waals surface area (Å²) < 4.78 is 0. The first-order valence-electron chi connectivity index (χ1n) is 8.64. The summed E-state index contributed by atoms with van der Waals surface area (Å²) in [5.41, 5.74) is 5.38. The first kappa shape index (κ1) is 15.5. The van der Waals surface area contributed by atoms with Gasteiger partial charge in [0, 0.05) is 31.0 Å². The molecule has 2 bridgehead atoms. The number of carbonyl (C=O) groups is 2. The van der Waals surface area contributed by atoms with E-state index < -0.39 is 0 Å². The van der Waals surface area contributed by atoms with E-state index in [1.165, 1.54) is 0 Å². The van der Waals surface area contributed by atoms with Gasteiger partial charge in [0.1, 0.15) is 0 Å². The third-order valence-corrected chi connectivity index (χ3v) is 5.43. The van der Waals surface area contributed by atoms with E-state index in [1.807, 2.05) is 0 Å². The van der Waals surface area contributed by atoms with E-state index in [1.54, 1.807) is 0 Å². The van der Waals surface area contributed by atoms with Crippen LogP contribution in [0.3, 0.4) is 0 Å². The van der Waals surface area contributed by atoms with Gasteiger partial charge >= 0.3 is 0 Å². The van der Waals surface area contributed by atoms with E-state index in [0.717, 1.165) is 38.5 Å². The molecule has 0 spiro atoms. The van der Waals surface area contributed by atoms with Crippen LogP contribution in [0.4, 0.5) is 0 Å². The van der Waals surface area contributed by atoms with E-state index in [4.69, 9.17) is 5.73 Å². The predicted molar refractivity (Wildman–Crippen MR) is 84.8 cm³/mol. The van der Waals surface area contributed by atoms with Crippen molar-refractivity contribution < 1.29 is 9.59 Å². The summed E-state index contributed by atoms with van der Waals surface area (Å²) in [5, 5.41) is 6.27. The minimum Gasteiger partial charge on any atom is -0.353 e. The molecule has 0 aromatic rings. The van der Waals surface area contributed by atoms with Gasteiger partial charge < -0.3 is 16.4 Å². The normalized spacial score (nSPS) is 36.3. The zero-order valence-corrected chi connectivity index (χ0v) is 13.1. The zero-order valence-electron chi connectivity index (χ0n) is 13.1. The Bertz CT molecular complexity index is 455. The SMILES string of the molecule is NCCC(=O)NC1CCC(NC(=O)C2C[C@@H]3C=C[C@H]2C3)CC1. The molecule has 0 aromatic heterocycles. The van der Waals surface area contributed by atoms with Gasteiger partial charge in [-0.15, -0.1) is 0 Å². The number of amides is 2. The van der Waals surface area contributed by atoms with Gasteiger partial charge in [-0.3, -0.25) is 9.59 Å². The monoisotopic (exact) mass is 305 g/mol. The van der Waals surface area contributed by atoms with E-state index in [-0.39, 0.29) is 29.8 Å². The van der Waals surface area contributed by atoms with Crippen molar-refractivity contribution >= 4 is 11.8 Å². The van der Waals surface area contributed by atoms with Crippen LogP contribution in [0.25, 0.3) is 0 Å². The standard InChI is InChI=1S/C17H27N3O2/c18-8-7-16(21)19-13-3-5-14(6-4-13)20-17(22)15-10-11-1-2-12(15)9-11/h1-2,11-15H,3-10,18H2,(H,19,21)(H,20,22)/t11-,12+,13?,14?,15?/m1/s1. The van der Waals surface area contributed by atoms with E-state index in [0.29, 0.717) is 24.8 Å². The number of hydrogen-bond donors (Lipinski definition) is 3. The smallest absolute Gasteiger partial charge is 0.223 e. The highest BCUT2D eigenvalue weighted by Gasteiger charge is 2.40. The molecule has 5 heteroatoms. The second-order valence-corrected chi connectivity index (χ2v) is 7.05. The van der Waals surface area contributed by atoms with E-state index in [2.05, 4.69) is 22.8 Å². The van der Waals surface area contributed by atoms with Crippen LogP contribution in [0.2, 0.25) is 0 Å². The number of allylic oxidation sites excluding steroid dienone is 2. The summed E-state index contributed by atoms with van der Waals surface area (Å²) in [4.78, 5) is 24.0. The van der Waals surface area contributed by atoms with Crippen molar-refractivity contribution in [2.24, 2.45) is 23.5 Å². The van der Waals surface area contributed by atoms with Gasteiger partial charge in [0.25, 0.3) is 0 Å². The molecule has 0 aliphatic heterocycles. The van der Waals surface area contributed by atoms with Gasteiger partial charge in [-0.25, -0.2) is 0 Å². The van der Waals surface area contributed by atoms with Crippen LogP contribution in [0.1, 0.15) is 44.9 Å². The quantitative estimate of drug-likeness (QED) is 0.665. The molecule has 2 saturated carbocycles. The Morgan fingerprint density at radius 2 is 1.68 bits per heavy atom. The number of rotatable bonds is 5. The first-order valence-corrected chi connectivity index (χ1v) is 8.64. The summed E-state index contributed by atoms with van der Waals surface area (Å²) >= 11 is 0. The van der Waals surface area contributed by atoms with Crippen LogP contribution in [0.5, 0.6) is 0 Å². The van der Waals surface area contributed by atoms with Crippen LogP contribution >= 0.6 is 0 Å². The highest BCUT2D eigenvalue weighted by atomic mass is 16.2. The first-order chi connectivity index (χ1) is 10.7. The average molecular weight is 305 g/mol. The maximum atomic E-state index is 12.4. The Balaban J connectivity index is 1.39. The Kier molecular flexibility index (Phi) is 4.81. The third kappa shape index (κ3) is 3.51. The second kappa shape index (κ2) is 6.82. The number of hydrogen-bond acceptors (Lipinski definition) is 3. The van der Waals surface area contributed by atoms with Crippen LogP contribution in [-0.4, -0.2) is 30.4 Å². The molecule has 0 heterocycles. The molecule has 3 aliphatic carbocycles. The van der Waals surface area contributed by atoms with Gasteiger partial charge in [0.2, 0.25) is 11.8 Å². The molecule has 0 aromatic carbocycles. The van der Waals surface area contributed by atoms with Gasteiger partial charge in [-0.2, -0.15) is 0 Å². The fourth-order valence-corrected chi connectivity index (χ4v) is 4.20. The lowest BCUT2D eigenvalue weighted by molar-refractivity contribution is -0.127. The van der Waals surface area contributed by atoms with Crippen molar-refractivity contribution in [2.75, 3.05) is 6.54 Å². The van der Waals surface area contributed by atoms with Crippen LogP contribution in [0.15, 0.2) is 12.2 Å². The summed E-state index contributed by atoms with van der Waals surface area (Å²) in [6, 6.07) is 0.524. The summed E-state index contributed by atoms with van der Waals surface area (Å²) in [5.74, 6) is 1.58. The summed E-state index contributed by atoms with van der Waals surface area (Å²) in [7, 11) is 0. The van der Waals surface area contributed by atoms with Crippen molar-refractivity contribution in [3.8, 4) is 0 Å². The van der Waals surface area contributed by atoms with E-state index >= 15 is 0 Å². The number of carbonyl (C=O) groups excluding carboxylic acids is 2. The molecule has 3 atom stereocenters. The maximum Gasteiger partial charge on any atom is 0.223 e. The largest absolute Gasteiger partial charge is 0.353 e. The molecule has 0 saturated heterocycles.